The van der Waals surface area contributed by atoms with Gasteiger partial charge < -0.3 is 9.30 Å². The third-order valence-corrected chi connectivity index (χ3v) is 4.68. The van der Waals surface area contributed by atoms with Crippen LogP contribution in [0.15, 0.2) is 40.1 Å². The topological polar surface area (TPSA) is 61.2 Å². The van der Waals surface area contributed by atoms with E-state index in [0.29, 0.717) is 4.47 Å². The maximum Gasteiger partial charge on any atom is 0.265 e. The summed E-state index contributed by atoms with van der Waals surface area (Å²) in [5.74, 6) is 0.213. The fourth-order valence-corrected chi connectivity index (χ4v) is 3.36. The molecule has 0 saturated heterocycles. The number of aromatic nitrogens is 2. The van der Waals surface area contributed by atoms with Crippen LogP contribution in [0.4, 0.5) is 0 Å². The van der Waals surface area contributed by atoms with Crippen molar-refractivity contribution in [1.82, 2.24) is 9.55 Å². The van der Waals surface area contributed by atoms with Gasteiger partial charge in [-0.3, -0.25) is 0 Å². The van der Waals surface area contributed by atoms with E-state index in [0.717, 1.165) is 5.69 Å². The molecule has 5 nitrogen and oxygen atoms in total. The van der Waals surface area contributed by atoms with Crippen molar-refractivity contribution >= 4 is 35.7 Å². The van der Waals surface area contributed by atoms with E-state index in [9.17, 15) is 8.42 Å². The van der Waals surface area contributed by atoms with Crippen molar-refractivity contribution in [3.8, 4) is 5.75 Å². The highest BCUT2D eigenvalue weighted by atomic mass is 79.9. The molecule has 21 heavy (non-hydrogen) atoms. The zero-order chi connectivity index (χ0) is 15.6. The van der Waals surface area contributed by atoms with Crippen molar-refractivity contribution in [2.45, 2.75) is 31.4 Å². The van der Waals surface area contributed by atoms with Crippen molar-refractivity contribution in [2.75, 3.05) is 0 Å². The highest BCUT2D eigenvalue weighted by Crippen LogP contribution is 2.30. The van der Waals surface area contributed by atoms with Gasteiger partial charge in [0.15, 0.2) is 0 Å². The molecule has 0 aliphatic heterocycles. The summed E-state index contributed by atoms with van der Waals surface area (Å²) in [7, 11) is 1.55. The fourth-order valence-electron chi connectivity index (χ4n) is 1.85. The van der Waals surface area contributed by atoms with Crippen molar-refractivity contribution in [3.63, 3.8) is 0 Å². The molecular weight excluding hydrogens is 380 g/mol. The predicted octanol–water partition coefficient (Wildman–Crippen LogP) is 3.73. The van der Waals surface area contributed by atoms with Gasteiger partial charge in [0, 0.05) is 21.2 Å². The second kappa shape index (κ2) is 6.37. The second-order valence-electron chi connectivity index (χ2n) is 4.70. The number of imidazole rings is 1. The largest absolute Gasteiger partial charge is 0.486 e. The van der Waals surface area contributed by atoms with Crippen LogP contribution < -0.4 is 4.74 Å². The zero-order valence-electron chi connectivity index (χ0n) is 11.5. The van der Waals surface area contributed by atoms with E-state index in [4.69, 9.17) is 15.4 Å². The van der Waals surface area contributed by atoms with Gasteiger partial charge in [0.25, 0.3) is 9.05 Å². The summed E-state index contributed by atoms with van der Waals surface area (Å²) in [5.41, 5.74) is 0.853. The number of nitrogens with zero attached hydrogens (tertiary/aromatic N) is 2. The van der Waals surface area contributed by atoms with Crippen molar-refractivity contribution in [3.05, 3.63) is 40.9 Å². The minimum Gasteiger partial charge on any atom is -0.486 e. The van der Waals surface area contributed by atoms with Crippen LogP contribution in [0.5, 0.6) is 5.75 Å². The number of hydrogen-bond donors (Lipinski definition) is 0. The molecule has 0 aliphatic rings. The molecule has 2 rings (SSSR count). The number of ether oxygens (including phenoxy) is 1. The molecule has 114 valence electrons. The molecule has 0 N–H and O–H groups in total. The SMILES string of the molecule is CC(C)n1cncc1COc1ccc(Br)cc1S(=O)(=O)Cl. The quantitative estimate of drug-likeness (QED) is 0.726. The molecular formula is C13H14BrClN2O3S. The number of hydrogen-bond acceptors (Lipinski definition) is 4. The Labute approximate surface area is 136 Å². The van der Waals surface area contributed by atoms with E-state index in [1.807, 2.05) is 18.4 Å². The maximum atomic E-state index is 11.6. The van der Waals surface area contributed by atoms with Gasteiger partial charge in [-0.1, -0.05) is 15.9 Å². The summed E-state index contributed by atoms with van der Waals surface area (Å²) in [4.78, 5) is 4.01. The molecule has 8 heteroatoms. The Morgan fingerprint density at radius 2 is 2.14 bits per heavy atom. The highest BCUT2D eigenvalue weighted by molar-refractivity contribution is 9.10. The van der Waals surface area contributed by atoms with Crippen LogP contribution in [0.25, 0.3) is 0 Å². The molecule has 1 heterocycles. The minimum absolute atomic E-state index is 0.0610. The maximum absolute atomic E-state index is 11.6. The Balaban J connectivity index is 2.27. The molecule has 0 atom stereocenters. The lowest BCUT2D eigenvalue weighted by molar-refractivity contribution is 0.284. The van der Waals surface area contributed by atoms with Gasteiger partial charge in [-0.05, 0) is 32.0 Å². The molecule has 1 aromatic heterocycles. The van der Waals surface area contributed by atoms with Gasteiger partial charge >= 0.3 is 0 Å². The molecule has 0 radical (unpaired) electrons. The molecule has 0 fully saturated rings. The Morgan fingerprint density at radius 3 is 2.76 bits per heavy atom. The van der Waals surface area contributed by atoms with Gasteiger partial charge in [0.1, 0.15) is 17.3 Å². The Morgan fingerprint density at radius 1 is 1.43 bits per heavy atom. The van der Waals surface area contributed by atoms with Gasteiger partial charge in [0.2, 0.25) is 0 Å². The first kappa shape index (κ1) is 16.3. The first-order chi connectivity index (χ1) is 9.79. The molecule has 1 aromatic carbocycles. The molecule has 0 bridgehead atoms. The van der Waals surface area contributed by atoms with Crippen molar-refractivity contribution in [2.24, 2.45) is 0 Å². The van der Waals surface area contributed by atoms with Gasteiger partial charge in [0.05, 0.1) is 18.2 Å². The lowest BCUT2D eigenvalue weighted by Crippen LogP contribution is -2.08. The Bertz CT molecular complexity index is 744. The van der Waals surface area contributed by atoms with E-state index in [1.54, 1.807) is 24.7 Å². The Kier molecular flexibility index (Phi) is 4.95. The minimum atomic E-state index is -3.88. The monoisotopic (exact) mass is 392 g/mol. The average Bonchev–Trinajstić information content (AvgIpc) is 2.84. The summed E-state index contributed by atoms with van der Waals surface area (Å²) in [5, 5.41) is 0. The van der Waals surface area contributed by atoms with Gasteiger partial charge in [-0.25, -0.2) is 13.4 Å². The fraction of sp³-hybridized carbons (Fsp3) is 0.308. The molecule has 0 aliphatic carbocycles. The summed E-state index contributed by atoms with van der Waals surface area (Å²) < 4.78 is 31.4. The normalized spacial score (nSPS) is 11.9. The summed E-state index contributed by atoms with van der Waals surface area (Å²) in [6, 6.07) is 4.92. The van der Waals surface area contributed by atoms with E-state index in [-0.39, 0.29) is 23.3 Å². The third-order valence-electron chi connectivity index (χ3n) is 2.85. The van der Waals surface area contributed by atoms with Crippen molar-refractivity contribution in [1.29, 1.82) is 0 Å². The molecule has 0 spiro atoms. The second-order valence-corrected chi connectivity index (χ2v) is 8.15. The highest BCUT2D eigenvalue weighted by Gasteiger charge is 2.18. The lowest BCUT2D eigenvalue weighted by atomic mass is 10.3. The third kappa shape index (κ3) is 3.99. The first-order valence-corrected chi connectivity index (χ1v) is 9.27. The summed E-state index contributed by atoms with van der Waals surface area (Å²) in [6.45, 7) is 4.26. The van der Waals surface area contributed by atoms with Crippen LogP contribution in [-0.4, -0.2) is 18.0 Å². The Hall–Kier alpha value is -1.05. The van der Waals surface area contributed by atoms with Crippen LogP contribution in [-0.2, 0) is 15.7 Å². The molecule has 0 amide bonds. The van der Waals surface area contributed by atoms with E-state index >= 15 is 0 Å². The smallest absolute Gasteiger partial charge is 0.265 e. The predicted molar refractivity (Wildman–Crippen MR) is 84.1 cm³/mol. The van der Waals surface area contributed by atoms with Crippen molar-refractivity contribution < 1.29 is 13.2 Å². The van der Waals surface area contributed by atoms with E-state index in [2.05, 4.69) is 20.9 Å². The number of halogens is 2. The van der Waals surface area contributed by atoms with Crippen LogP contribution >= 0.6 is 26.6 Å². The van der Waals surface area contributed by atoms with Crippen LogP contribution in [0.1, 0.15) is 25.6 Å². The van der Waals surface area contributed by atoms with Gasteiger partial charge in [-0.15, -0.1) is 0 Å². The molecule has 0 saturated carbocycles. The van der Waals surface area contributed by atoms with E-state index < -0.39 is 9.05 Å². The first-order valence-electron chi connectivity index (χ1n) is 6.16. The average molecular weight is 394 g/mol. The van der Waals surface area contributed by atoms with Crippen LogP contribution in [0.2, 0.25) is 0 Å². The standard InChI is InChI=1S/C13H14BrClN2O3S/c1-9(2)17-8-16-6-11(17)7-20-12-4-3-10(14)5-13(12)21(15,18)19/h3-6,8-9H,7H2,1-2H3. The number of benzene rings is 1. The lowest BCUT2D eigenvalue weighted by Gasteiger charge is -2.14. The van der Waals surface area contributed by atoms with Gasteiger partial charge in [-0.2, -0.15) is 0 Å². The van der Waals surface area contributed by atoms with Crippen LogP contribution in [0.3, 0.4) is 0 Å². The zero-order valence-corrected chi connectivity index (χ0v) is 14.6. The summed E-state index contributed by atoms with van der Waals surface area (Å²) in [6.07, 6.45) is 3.40. The molecule has 0 unspecified atom stereocenters. The molecule has 2 aromatic rings. The van der Waals surface area contributed by atoms with Crippen LogP contribution in [0, 0.1) is 0 Å². The van der Waals surface area contributed by atoms with E-state index in [1.165, 1.54) is 6.07 Å². The number of rotatable bonds is 5. The summed E-state index contributed by atoms with van der Waals surface area (Å²) >= 11 is 3.22.